The molecule has 1 rings (SSSR count). The number of ether oxygens (including phenoxy) is 1. The fourth-order valence-corrected chi connectivity index (χ4v) is 1.66. The summed E-state index contributed by atoms with van der Waals surface area (Å²) < 4.78 is 7.02. The van der Waals surface area contributed by atoms with Gasteiger partial charge in [-0.1, -0.05) is 0 Å². The number of hydrogen-bond donors (Lipinski definition) is 0. The van der Waals surface area contributed by atoms with Gasteiger partial charge in [0.2, 0.25) is 5.28 Å². The minimum atomic E-state index is 0.349. The van der Waals surface area contributed by atoms with E-state index in [1.165, 1.54) is 0 Å². The van der Waals surface area contributed by atoms with Crippen molar-refractivity contribution in [2.24, 2.45) is 0 Å². The molecule has 1 aromatic heterocycles. The first-order chi connectivity index (χ1) is 6.16. The lowest BCUT2D eigenvalue weighted by molar-refractivity contribution is 0.200. The molecule has 74 valence electrons. The van der Waals surface area contributed by atoms with Gasteiger partial charge in [0.05, 0.1) is 6.61 Å². The van der Waals surface area contributed by atoms with Crippen molar-refractivity contribution in [2.75, 3.05) is 13.7 Å². The minimum absolute atomic E-state index is 0.349. The van der Waals surface area contributed by atoms with Gasteiger partial charge >= 0.3 is 0 Å². The molecule has 0 saturated heterocycles. The summed E-state index contributed by atoms with van der Waals surface area (Å²) in [5.74, 6) is 0. The highest BCUT2D eigenvalue weighted by Crippen LogP contribution is 2.17. The SMILES string of the molecule is COCCc1cnc(Cl)n1C(C)C. The smallest absolute Gasteiger partial charge is 0.203 e. The maximum Gasteiger partial charge on any atom is 0.203 e. The van der Waals surface area contributed by atoms with Crippen molar-refractivity contribution in [3.05, 3.63) is 17.2 Å². The lowest BCUT2D eigenvalue weighted by Crippen LogP contribution is -2.07. The molecule has 0 spiro atoms. The Morgan fingerprint density at radius 1 is 1.62 bits per heavy atom. The van der Waals surface area contributed by atoms with Crippen molar-refractivity contribution in [3.63, 3.8) is 0 Å². The number of hydrogen-bond acceptors (Lipinski definition) is 2. The third kappa shape index (κ3) is 2.45. The predicted molar refractivity (Wildman–Crippen MR) is 53.2 cm³/mol. The quantitative estimate of drug-likeness (QED) is 0.749. The molecule has 0 fully saturated rings. The van der Waals surface area contributed by atoms with Crippen LogP contribution in [-0.2, 0) is 11.2 Å². The van der Waals surface area contributed by atoms with E-state index in [0.717, 1.165) is 12.1 Å². The fraction of sp³-hybridized carbons (Fsp3) is 0.667. The number of imidazole rings is 1. The molecule has 0 bridgehead atoms. The van der Waals surface area contributed by atoms with E-state index in [0.29, 0.717) is 17.9 Å². The Morgan fingerprint density at radius 3 is 2.85 bits per heavy atom. The number of aromatic nitrogens is 2. The van der Waals surface area contributed by atoms with Gasteiger partial charge in [-0.15, -0.1) is 0 Å². The molecule has 0 aromatic carbocycles. The summed E-state index contributed by atoms with van der Waals surface area (Å²) in [6, 6.07) is 0.349. The Morgan fingerprint density at radius 2 is 2.31 bits per heavy atom. The molecule has 0 saturated carbocycles. The Balaban J connectivity index is 2.81. The van der Waals surface area contributed by atoms with Gasteiger partial charge in [0.15, 0.2) is 0 Å². The molecule has 0 aliphatic carbocycles. The van der Waals surface area contributed by atoms with Gasteiger partial charge in [0.1, 0.15) is 0 Å². The van der Waals surface area contributed by atoms with Gasteiger partial charge in [-0.3, -0.25) is 0 Å². The lowest BCUT2D eigenvalue weighted by atomic mass is 10.3. The summed E-state index contributed by atoms with van der Waals surface area (Å²) in [6.45, 7) is 4.88. The molecule has 0 aliphatic heterocycles. The summed E-state index contributed by atoms with van der Waals surface area (Å²) >= 11 is 5.93. The van der Waals surface area contributed by atoms with Crippen LogP contribution in [0.5, 0.6) is 0 Å². The van der Waals surface area contributed by atoms with Gasteiger partial charge < -0.3 is 9.30 Å². The lowest BCUT2D eigenvalue weighted by Gasteiger charge is -2.12. The molecule has 0 atom stereocenters. The summed E-state index contributed by atoms with van der Waals surface area (Å²) in [4.78, 5) is 4.06. The number of methoxy groups -OCH3 is 1. The van der Waals surface area contributed by atoms with Crippen LogP contribution < -0.4 is 0 Å². The van der Waals surface area contributed by atoms with Crippen LogP contribution >= 0.6 is 11.6 Å². The molecule has 0 radical (unpaired) electrons. The van der Waals surface area contributed by atoms with Crippen LogP contribution in [0.25, 0.3) is 0 Å². The second kappa shape index (κ2) is 4.63. The minimum Gasteiger partial charge on any atom is -0.384 e. The van der Waals surface area contributed by atoms with Crippen molar-refractivity contribution in [2.45, 2.75) is 26.3 Å². The van der Waals surface area contributed by atoms with Crippen LogP contribution in [0.1, 0.15) is 25.6 Å². The zero-order chi connectivity index (χ0) is 9.84. The molecule has 4 heteroatoms. The van der Waals surface area contributed by atoms with Crippen molar-refractivity contribution in [1.29, 1.82) is 0 Å². The average molecular weight is 203 g/mol. The maximum absolute atomic E-state index is 5.93. The van der Waals surface area contributed by atoms with E-state index in [1.54, 1.807) is 13.3 Å². The fourth-order valence-electron chi connectivity index (χ4n) is 1.31. The molecular formula is C9H15ClN2O. The predicted octanol–water partition coefficient (Wildman–Crippen LogP) is 2.31. The van der Waals surface area contributed by atoms with E-state index in [1.807, 2.05) is 4.57 Å². The normalized spacial score (nSPS) is 11.2. The largest absolute Gasteiger partial charge is 0.384 e. The maximum atomic E-state index is 5.93. The Bertz CT molecular complexity index is 271. The van der Waals surface area contributed by atoms with Gasteiger partial charge in [-0.2, -0.15) is 0 Å². The van der Waals surface area contributed by atoms with Crippen molar-refractivity contribution in [3.8, 4) is 0 Å². The van der Waals surface area contributed by atoms with Crippen LogP contribution in [-0.4, -0.2) is 23.3 Å². The number of halogens is 1. The molecule has 0 unspecified atom stereocenters. The van der Waals surface area contributed by atoms with Crippen LogP contribution in [0.3, 0.4) is 0 Å². The van der Waals surface area contributed by atoms with Crippen LogP contribution in [0.2, 0.25) is 5.28 Å². The molecule has 0 amide bonds. The second-order valence-corrected chi connectivity index (χ2v) is 3.56. The Kier molecular flexibility index (Phi) is 3.75. The molecule has 3 nitrogen and oxygen atoms in total. The summed E-state index contributed by atoms with van der Waals surface area (Å²) in [7, 11) is 1.69. The number of rotatable bonds is 4. The van der Waals surface area contributed by atoms with Crippen LogP contribution in [0.4, 0.5) is 0 Å². The molecule has 13 heavy (non-hydrogen) atoms. The third-order valence-electron chi connectivity index (χ3n) is 1.91. The first-order valence-corrected chi connectivity index (χ1v) is 4.75. The zero-order valence-corrected chi connectivity index (χ0v) is 9.01. The Labute approximate surface area is 83.7 Å². The monoisotopic (exact) mass is 202 g/mol. The molecule has 0 N–H and O–H groups in total. The van der Waals surface area contributed by atoms with Crippen molar-refractivity contribution < 1.29 is 4.74 Å². The summed E-state index contributed by atoms with van der Waals surface area (Å²) in [5.41, 5.74) is 1.13. The highest BCUT2D eigenvalue weighted by atomic mass is 35.5. The summed E-state index contributed by atoms with van der Waals surface area (Å²) in [6.07, 6.45) is 2.66. The third-order valence-corrected chi connectivity index (χ3v) is 2.19. The van der Waals surface area contributed by atoms with E-state index >= 15 is 0 Å². The first-order valence-electron chi connectivity index (χ1n) is 4.37. The van der Waals surface area contributed by atoms with Gasteiger partial charge in [-0.25, -0.2) is 4.98 Å². The van der Waals surface area contributed by atoms with Crippen molar-refractivity contribution >= 4 is 11.6 Å². The molecule has 1 aromatic rings. The van der Waals surface area contributed by atoms with Gasteiger partial charge in [-0.05, 0) is 25.4 Å². The van der Waals surface area contributed by atoms with Crippen LogP contribution in [0.15, 0.2) is 6.20 Å². The molecule has 0 aliphatic rings. The standard InChI is InChI=1S/C9H15ClN2O/c1-7(2)12-8(4-5-13-3)6-11-9(12)10/h6-7H,4-5H2,1-3H3. The average Bonchev–Trinajstić information content (AvgIpc) is 2.43. The van der Waals surface area contributed by atoms with Crippen molar-refractivity contribution in [1.82, 2.24) is 9.55 Å². The highest BCUT2D eigenvalue weighted by molar-refractivity contribution is 6.28. The van der Waals surface area contributed by atoms with E-state index in [2.05, 4.69) is 18.8 Å². The van der Waals surface area contributed by atoms with Crippen LogP contribution in [0, 0.1) is 0 Å². The van der Waals surface area contributed by atoms with E-state index < -0.39 is 0 Å². The van der Waals surface area contributed by atoms with Gasteiger partial charge in [0.25, 0.3) is 0 Å². The highest BCUT2D eigenvalue weighted by Gasteiger charge is 2.09. The number of nitrogens with zero attached hydrogens (tertiary/aromatic N) is 2. The van der Waals surface area contributed by atoms with Gasteiger partial charge in [0, 0.05) is 31.5 Å². The molecule has 1 heterocycles. The molecular weight excluding hydrogens is 188 g/mol. The van der Waals surface area contributed by atoms with E-state index in [4.69, 9.17) is 16.3 Å². The Hall–Kier alpha value is -0.540. The van der Waals surface area contributed by atoms with E-state index in [9.17, 15) is 0 Å². The zero-order valence-electron chi connectivity index (χ0n) is 8.25. The second-order valence-electron chi connectivity index (χ2n) is 3.23. The van der Waals surface area contributed by atoms with E-state index in [-0.39, 0.29) is 0 Å². The topological polar surface area (TPSA) is 27.1 Å². The first kappa shape index (κ1) is 10.5. The summed E-state index contributed by atoms with van der Waals surface area (Å²) in [5, 5.41) is 0.557.